The average molecular weight is 420 g/mol. The van der Waals surface area contributed by atoms with Crippen LogP contribution in [0.2, 0.25) is 0 Å². The molecule has 7 heteroatoms. The molecule has 0 radical (unpaired) electrons. The summed E-state index contributed by atoms with van der Waals surface area (Å²) in [6.07, 6.45) is 11.2. The normalized spacial score (nSPS) is 19.6. The molecule has 2 unspecified atom stereocenters. The third-order valence-electron chi connectivity index (χ3n) is 6.27. The Hall–Kier alpha value is -3.09. The molecule has 0 aliphatic carbocycles. The summed E-state index contributed by atoms with van der Waals surface area (Å²) in [7, 11) is 1.88. The van der Waals surface area contributed by atoms with Gasteiger partial charge in [0.15, 0.2) is 5.96 Å². The van der Waals surface area contributed by atoms with Crippen molar-refractivity contribution >= 4 is 5.96 Å². The van der Waals surface area contributed by atoms with Crippen LogP contribution in [0.5, 0.6) is 0 Å². The lowest BCUT2D eigenvalue weighted by atomic mass is 9.93. The van der Waals surface area contributed by atoms with Crippen LogP contribution >= 0.6 is 0 Å². The van der Waals surface area contributed by atoms with Crippen molar-refractivity contribution in [2.45, 2.75) is 39.2 Å². The van der Waals surface area contributed by atoms with E-state index < -0.39 is 0 Å². The third-order valence-corrected chi connectivity index (χ3v) is 6.27. The molecule has 2 aromatic heterocycles. The summed E-state index contributed by atoms with van der Waals surface area (Å²) in [4.78, 5) is 11.2. The lowest BCUT2D eigenvalue weighted by Crippen LogP contribution is -2.49. The number of aryl methyl sites for hydroxylation is 2. The first-order valence-electron chi connectivity index (χ1n) is 11.2. The topological polar surface area (TPSA) is 63.3 Å². The molecule has 1 N–H and O–H groups in total. The van der Waals surface area contributed by atoms with E-state index in [0.29, 0.717) is 12.0 Å². The van der Waals surface area contributed by atoms with E-state index in [-0.39, 0.29) is 0 Å². The van der Waals surface area contributed by atoms with Gasteiger partial charge in [0.1, 0.15) is 0 Å². The highest BCUT2D eigenvalue weighted by Crippen LogP contribution is 2.27. The van der Waals surface area contributed by atoms with Crippen molar-refractivity contribution in [2.75, 3.05) is 26.7 Å². The Kier molecular flexibility index (Phi) is 6.70. The molecule has 1 fully saturated rings. The molecule has 0 spiro atoms. The lowest BCUT2D eigenvalue weighted by molar-refractivity contribution is 0.189. The molecule has 3 heterocycles. The number of nitrogens with zero attached hydrogens (tertiary/aromatic N) is 6. The van der Waals surface area contributed by atoms with Gasteiger partial charge >= 0.3 is 0 Å². The summed E-state index contributed by atoms with van der Waals surface area (Å²) >= 11 is 0. The Balaban J connectivity index is 1.29. The van der Waals surface area contributed by atoms with E-state index >= 15 is 0 Å². The summed E-state index contributed by atoms with van der Waals surface area (Å²) < 4.78 is 4.21. The first-order valence-corrected chi connectivity index (χ1v) is 11.2. The first-order chi connectivity index (χ1) is 15.2. The van der Waals surface area contributed by atoms with Crippen molar-refractivity contribution in [3.63, 3.8) is 0 Å². The molecule has 1 aromatic carbocycles. The number of imidazole rings is 1. The number of hydrogen-bond donors (Lipinski definition) is 1. The minimum absolute atomic E-state index is 0.432. The van der Waals surface area contributed by atoms with Gasteiger partial charge in [0.25, 0.3) is 0 Å². The summed E-state index contributed by atoms with van der Waals surface area (Å²) in [5, 5.41) is 8.25. The molecular weight excluding hydrogens is 386 g/mol. The third kappa shape index (κ3) is 4.98. The van der Waals surface area contributed by atoms with E-state index in [1.54, 1.807) is 0 Å². The van der Waals surface area contributed by atoms with Gasteiger partial charge in [0.05, 0.1) is 23.8 Å². The van der Waals surface area contributed by atoms with Crippen LogP contribution < -0.4 is 5.32 Å². The second-order valence-electron chi connectivity index (χ2n) is 8.39. The predicted molar refractivity (Wildman–Crippen MR) is 125 cm³/mol. The van der Waals surface area contributed by atoms with Crippen molar-refractivity contribution in [3.05, 3.63) is 66.5 Å². The van der Waals surface area contributed by atoms with Crippen LogP contribution in [0.3, 0.4) is 0 Å². The maximum absolute atomic E-state index is 4.68. The van der Waals surface area contributed by atoms with Crippen LogP contribution in [-0.4, -0.2) is 56.9 Å². The number of rotatable bonds is 6. The molecule has 2 atom stereocenters. The van der Waals surface area contributed by atoms with Crippen LogP contribution in [0.1, 0.15) is 37.1 Å². The van der Waals surface area contributed by atoms with Crippen molar-refractivity contribution in [1.29, 1.82) is 0 Å². The number of piperidine rings is 1. The Bertz CT molecular complexity index is 975. The number of nitrogens with one attached hydrogen (secondary N) is 1. The molecule has 1 saturated heterocycles. The van der Waals surface area contributed by atoms with Crippen molar-refractivity contribution in [3.8, 4) is 5.69 Å². The van der Waals surface area contributed by atoms with Gasteiger partial charge in [-0.1, -0.05) is 25.1 Å². The highest BCUT2D eigenvalue weighted by molar-refractivity contribution is 5.80. The number of hydrogen-bond acceptors (Lipinski definition) is 3. The summed E-state index contributed by atoms with van der Waals surface area (Å²) in [5.74, 6) is 1.63. The maximum atomic E-state index is 4.68. The van der Waals surface area contributed by atoms with Crippen molar-refractivity contribution in [2.24, 2.45) is 10.9 Å². The molecule has 7 nitrogen and oxygen atoms in total. The van der Waals surface area contributed by atoms with Crippen LogP contribution in [0.15, 0.2) is 60.2 Å². The molecule has 0 saturated carbocycles. The average Bonchev–Trinajstić information content (AvgIpc) is 3.45. The molecule has 164 valence electrons. The minimum atomic E-state index is 0.432. The standard InChI is InChI=1S/C24H33N7/c1-19-11-14-29(17-23(19)30-15-13-26-18-30)24(25-3)27-12-7-8-21-16-31(28-20(21)2)22-9-5-4-6-10-22/h4-6,9-10,13,15-16,18-19,23H,7-8,11-12,14,17H2,1-3H3,(H,25,27). The summed E-state index contributed by atoms with van der Waals surface area (Å²) in [5.41, 5.74) is 3.50. The Morgan fingerprint density at radius 2 is 2.10 bits per heavy atom. The number of aliphatic imine (C=N–C) groups is 1. The Morgan fingerprint density at radius 1 is 1.26 bits per heavy atom. The van der Waals surface area contributed by atoms with Crippen LogP contribution in [0.25, 0.3) is 5.69 Å². The van der Waals surface area contributed by atoms with Crippen LogP contribution in [-0.2, 0) is 6.42 Å². The molecule has 4 rings (SSSR count). The van der Waals surface area contributed by atoms with E-state index in [0.717, 1.165) is 56.2 Å². The van der Waals surface area contributed by atoms with Crippen LogP contribution in [0, 0.1) is 12.8 Å². The van der Waals surface area contributed by atoms with Gasteiger partial charge in [0.2, 0.25) is 0 Å². The van der Waals surface area contributed by atoms with Gasteiger partial charge in [-0.15, -0.1) is 0 Å². The van der Waals surface area contributed by atoms with E-state index in [1.165, 1.54) is 5.56 Å². The van der Waals surface area contributed by atoms with Crippen LogP contribution in [0.4, 0.5) is 0 Å². The Labute approximate surface area is 184 Å². The number of para-hydroxylation sites is 1. The zero-order chi connectivity index (χ0) is 21.6. The van der Waals surface area contributed by atoms with Gasteiger partial charge < -0.3 is 14.8 Å². The SMILES string of the molecule is CN=C(NCCCc1cn(-c2ccccc2)nc1C)N1CCC(C)C(n2ccnc2)C1. The number of benzene rings is 1. The molecule has 1 aliphatic rings. The number of aromatic nitrogens is 4. The lowest BCUT2D eigenvalue weighted by Gasteiger charge is -2.39. The van der Waals surface area contributed by atoms with Gasteiger partial charge in [-0.2, -0.15) is 5.10 Å². The maximum Gasteiger partial charge on any atom is 0.193 e. The van der Waals surface area contributed by atoms with Crippen molar-refractivity contribution in [1.82, 2.24) is 29.5 Å². The Morgan fingerprint density at radius 3 is 2.84 bits per heavy atom. The van der Waals surface area contributed by atoms with Gasteiger partial charge in [0, 0.05) is 45.3 Å². The van der Waals surface area contributed by atoms with E-state index in [2.05, 4.69) is 68.2 Å². The highest BCUT2D eigenvalue weighted by Gasteiger charge is 2.28. The van der Waals surface area contributed by atoms with Gasteiger partial charge in [-0.05, 0) is 49.8 Å². The van der Waals surface area contributed by atoms with E-state index in [9.17, 15) is 0 Å². The fourth-order valence-electron chi connectivity index (χ4n) is 4.36. The molecule has 0 bridgehead atoms. The first kappa shape index (κ1) is 21.2. The molecule has 1 aliphatic heterocycles. The van der Waals surface area contributed by atoms with E-state index in [4.69, 9.17) is 0 Å². The summed E-state index contributed by atoms with van der Waals surface area (Å²) in [6, 6.07) is 10.7. The number of likely N-dealkylation sites (tertiary alicyclic amines) is 1. The second kappa shape index (κ2) is 9.81. The molecule has 0 amide bonds. The van der Waals surface area contributed by atoms with Gasteiger partial charge in [-0.25, -0.2) is 9.67 Å². The monoisotopic (exact) mass is 419 g/mol. The minimum Gasteiger partial charge on any atom is -0.356 e. The van der Waals surface area contributed by atoms with Gasteiger partial charge in [-0.3, -0.25) is 4.99 Å². The largest absolute Gasteiger partial charge is 0.356 e. The predicted octanol–water partition coefficient (Wildman–Crippen LogP) is 3.47. The second-order valence-corrected chi connectivity index (χ2v) is 8.39. The van der Waals surface area contributed by atoms with Crippen molar-refractivity contribution < 1.29 is 0 Å². The molecule has 31 heavy (non-hydrogen) atoms. The zero-order valence-corrected chi connectivity index (χ0v) is 18.8. The fraction of sp³-hybridized carbons (Fsp3) is 0.458. The van der Waals surface area contributed by atoms with E-state index in [1.807, 2.05) is 42.5 Å². The fourth-order valence-corrected chi connectivity index (χ4v) is 4.36. The number of guanidine groups is 1. The highest BCUT2D eigenvalue weighted by atomic mass is 15.3. The molecular formula is C24H33N7. The molecule has 3 aromatic rings. The quantitative estimate of drug-likeness (QED) is 0.378. The smallest absolute Gasteiger partial charge is 0.193 e. The zero-order valence-electron chi connectivity index (χ0n) is 18.8. The summed E-state index contributed by atoms with van der Waals surface area (Å²) in [6.45, 7) is 7.31.